The lowest BCUT2D eigenvalue weighted by Gasteiger charge is -2.12. The van der Waals surface area contributed by atoms with Crippen LogP contribution in [-0.2, 0) is 0 Å². The average molecular weight is 288 g/mol. The van der Waals surface area contributed by atoms with Gasteiger partial charge in [-0.15, -0.1) is 0 Å². The Balaban J connectivity index is 2.37. The fourth-order valence-electron chi connectivity index (χ4n) is 1.83. The van der Waals surface area contributed by atoms with Crippen molar-refractivity contribution in [2.75, 3.05) is 0 Å². The van der Waals surface area contributed by atoms with E-state index in [1.807, 2.05) is 6.07 Å². The highest BCUT2D eigenvalue weighted by Crippen LogP contribution is 2.26. The minimum absolute atomic E-state index is 0.0741. The summed E-state index contributed by atoms with van der Waals surface area (Å²) in [7, 11) is 0. The molecule has 0 aliphatic carbocycles. The number of rotatable bonds is 5. The van der Waals surface area contributed by atoms with E-state index >= 15 is 0 Å². The van der Waals surface area contributed by atoms with Crippen LogP contribution in [0.15, 0.2) is 48.7 Å². The zero-order valence-corrected chi connectivity index (χ0v) is 10.7. The summed E-state index contributed by atoms with van der Waals surface area (Å²) in [6.07, 6.45) is 1.45. The van der Waals surface area contributed by atoms with Gasteiger partial charge >= 0.3 is 6.61 Å². The number of Topliss-reactive ketones (excluding diaryl/α,β-unsaturated/α-hetero) is 1. The third-order valence-electron chi connectivity index (χ3n) is 2.74. The molecule has 0 aliphatic heterocycles. The van der Waals surface area contributed by atoms with Crippen molar-refractivity contribution in [2.24, 2.45) is 0 Å². The van der Waals surface area contributed by atoms with Crippen LogP contribution in [0.25, 0.3) is 0 Å². The SMILES string of the molecule is N#CC(C(=O)c1ccccc1OC(F)F)c1ccccn1. The van der Waals surface area contributed by atoms with Crippen LogP contribution >= 0.6 is 0 Å². The molecule has 0 spiro atoms. The van der Waals surface area contributed by atoms with E-state index in [0.717, 1.165) is 0 Å². The molecule has 1 atom stereocenters. The van der Waals surface area contributed by atoms with Crippen molar-refractivity contribution >= 4 is 5.78 Å². The molecule has 0 saturated heterocycles. The third kappa shape index (κ3) is 3.39. The van der Waals surface area contributed by atoms with Crippen molar-refractivity contribution in [2.45, 2.75) is 12.5 Å². The lowest BCUT2D eigenvalue weighted by molar-refractivity contribution is -0.0501. The van der Waals surface area contributed by atoms with Gasteiger partial charge in [0.2, 0.25) is 0 Å². The highest BCUT2D eigenvalue weighted by molar-refractivity contribution is 6.04. The van der Waals surface area contributed by atoms with Gasteiger partial charge in [0.1, 0.15) is 5.75 Å². The number of halogens is 2. The number of carbonyl (C=O) groups excluding carboxylic acids is 1. The first-order valence-electron chi connectivity index (χ1n) is 6.02. The van der Waals surface area contributed by atoms with Gasteiger partial charge in [-0.3, -0.25) is 9.78 Å². The Bertz CT molecular complexity index is 669. The first-order valence-corrected chi connectivity index (χ1v) is 6.02. The molecule has 1 unspecified atom stereocenters. The van der Waals surface area contributed by atoms with Gasteiger partial charge in [0.15, 0.2) is 11.7 Å². The zero-order chi connectivity index (χ0) is 15.2. The summed E-state index contributed by atoms with van der Waals surface area (Å²) in [5, 5.41) is 9.18. The fraction of sp³-hybridized carbons (Fsp3) is 0.133. The second-order valence-electron chi connectivity index (χ2n) is 4.06. The maximum Gasteiger partial charge on any atom is 0.387 e. The molecule has 21 heavy (non-hydrogen) atoms. The molecule has 0 fully saturated rings. The van der Waals surface area contributed by atoms with Crippen molar-refractivity contribution in [1.82, 2.24) is 4.98 Å². The number of para-hydroxylation sites is 1. The van der Waals surface area contributed by atoms with E-state index in [2.05, 4.69) is 9.72 Å². The topological polar surface area (TPSA) is 63.0 Å². The Morgan fingerprint density at radius 3 is 2.52 bits per heavy atom. The summed E-state index contributed by atoms with van der Waals surface area (Å²) in [5.74, 6) is -2.06. The Morgan fingerprint density at radius 1 is 1.19 bits per heavy atom. The van der Waals surface area contributed by atoms with Crippen molar-refractivity contribution in [3.05, 3.63) is 59.9 Å². The molecule has 1 heterocycles. The van der Waals surface area contributed by atoms with E-state index < -0.39 is 18.3 Å². The molecule has 0 bridgehead atoms. The molecule has 0 aliphatic rings. The number of hydrogen-bond acceptors (Lipinski definition) is 4. The van der Waals surface area contributed by atoms with Crippen molar-refractivity contribution in [3.63, 3.8) is 0 Å². The van der Waals surface area contributed by atoms with Gasteiger partial charge in [0.05, 0.1) is 17.3 Å². The normalized spacial score (nSPS) is 11.7. The van der Waals surface area contributed by atoms with Crippen LogP contribution in [0, 0.1) is 11.3 Å². The average Bonchev–Trinajstić information content (AvgIpc) is 2.49. The molecule has 0 saturated carbocycles. The fourth-order valence-corrected chi connectivity index (χ4v) is 1.83. The number of ether oxygens (including phenoxy) is 1. The molecule has 0 amide bonds. The molecular weight excluding hydrogens is 278 g/mol. The van der Waals surface area contributed by atoms with Gasteiger partial charge in [-0.1, -0.05) is 18.2 Å². The number of ketones is 1. The highest BCUT2D eigenvalue weighted by Gasteiger charge is 2.26. The van der Waals surface area contributed by atoms with Gasteiger partial charge in [-0.25, -0.2) is 0 Å². The summed E-state index contributed by atoms with van der Waals surface area (Å²) in [5.41, 5.74) is 0.187. The molecule has 1 aromatic heterocycles. The monoisotopic (exact) mass is 288 g/mol. The van der Waals surface area contributed by atoms with Crippen molar-refractivity contribution < 1.29 is 18.3 Å². The van der Waals surface area contributed by atoms with Gasteiger partial charge in [-0.2, -0.15) is 14.0 Å². The van der Waals surface area contributed by atoms with E-state index in [1.165, 1.54) is 36.5 Å². The number of hydrogen-bond donors (Lipinski definition) is 0. The predicted molar refractivity (Wildman–Crippen MR) is 70.0 cm³/mol. The van der Waals surface area contributed by atoms with E-state index in [-0.39, 0.29) is 17.0 Å². The predicted octanol–water partition coefficient (Wildman–Crippen LogP) is 3.17. The third-order valence-corrected chi connectivity index (χ3v) is 2.74. The van der Waals surface area contributed by atoms with Gasteiger partial charge in [0.25, 0.3) is 0 Å². The first-order chi connectivity index (χ1) is 10.1. The van der Waals surface area contributed by atoms with E-state index in [1.54, 1.807) is 12.1 Å². The van der Waals surface area contributed by atoms with E-state index in [4.69, 9.17) is 0 Å². The van der Waals surface area contributed by atoms with Crippen molar-refractivity contribution in [1.29, 1.82) is 5.26 Å². The summed E-state index contributed by atoms with van der Waals surface area (Å²) in [6, 6.07) is 12.2. The second-order valence-corrected chi connectivity index (χ2v) is 4.06. The summed E-state index contributed by atoms with van der Waals surface area (Å²) < 4.78 is 29.0. The zero-order valence-electron chi connectivity index (χ0n) is 10.7. The largest absolute Gasteiger partial charge is 0.434 e. The quantitative estimate of drug-likeness (QED) is 0.793. The Labute approximate surface area is 119 Å². The summed E-state index contributed by atoms with van der Waals surface area (Å²) >= 11 is 0. The number of nitriles is 1. The second kappa shape index (κ2) is 6.57. The molecular formula is C15H10F2N2O2. The number of nitrogens with zero attached hydrogens (tertiary/aromatic N) is 2. The molecule has 0 N–H and O–H groups in total. The van der Waals surface area contributed by atoms with Crippen LogP contribution in [0.1, 0.15) is 22.0 Å². The van der Waals surface area contributed by atoms with E-state index in [0.29, 0.717) is 0 Å². The van der Waals surface area contributed by atoms with Crippen LogP contribution in [0.2, 0.25) is 0 Å². The Kier molecular flexibility index (Phi) is 4.57. The Hall–Kier alpha value is -2.81. The molecule has 106 valence electrons. The summed E-state index contributed by atoms with van der Waals surface area (Å²) in [6.45, 7) is -3.05. The smallest absolute Gasteiger partial charge is 0.387 e. The lowest BCUT2D eigenvalue weighted by atomic mass is 9.95. The highest BCUT2D eigenvalue weighted by atomic mass is 19.3. The minimum atomic E-state index is -3.05. The van der Waals surface area contributed by atoms with Gasteiger partial charge < -0.3 is 4.74 Å². The number of benzene rings is 1. The van der Waals surface area contributed by atoms with Crippen LogP contribution in [0.3, 0.4) is 0 Å². The number of carbonyl (C=O) groups is 1. The number of pyridine rings is 1. The maximum atomic E-state index is 12.4. The van der Waals surface area contributed by atoms with Crippen molar-refractivity contribution in [3.8, 4) is 11.8 Å². The molecule has 1 aromatic carbocycles. The van der Waals surface area contributed by atoms with E-state index in [9.17, 15) is 18.8 Å². The number of alkyl halides is 2. The number of aromatic nitrogens is 1. The van der Waals surface area contributed by atoms with Crippen LogP contribution < -0.4 is 4.74 Å². The lowest BCUT2D eigenvalue weighted by Crippen LogP contribution is -2.15. The molecule has 2 rings (SSSR count). The minimum Gasteiger partial charge on any atom is -0.434 e. The molecule has 2 aromatic rings. The summed E-state index contributed by atoms with van der Waals surface area (Å²) in [4.78, 5) is 16.3. The Morgan fingerprint density at radius 2 is 1.90 bits per heavy atom. The first kappa shape index (κ1) is 14.6. The molecule has 4 nitrogen and oxygen atoms in total. The van der Waals surface area contributed by atoms with Gasteiger partial charge in [-0.05, 0) is 24.3 Å². The maximum absolute atomic E-state index is 12.4. The molecule has 0 radical (unpaired) electrons. The van der Waals surface area contributed by atoms with Crippen LogP contribution in [0.5, 0.6) is 5.75 Å². The molecule has 6 heteroatoms. The van der Waals surface area contributed by atoms with Gasteiger partial charge in [0, 0.05) is 6.20 Å². The standard InChI is InChI=1S/C15H10F2N2O2/c16-15(17)21-13-7-2-1-5-10(13)14(20)11(9-18)12-6-3-4-8-19-12/h1-8,11,15H. The van der Waals surface area contributed by atoms with Crippen LogP contribution in [-0.4, -0.2) is 17.4 Å². The van der Waals surface area contributed by atoms with Crippen LogP contribution in [0.4, 0.5) is 8.78 Å².